The fraction of sp³-hybridized carbons (Fsp3) is 0.231. The minimum Gasteiger partial charge on any atom is -0.341 e. The van der Waals surface area contributed by atoms with Gasteiger partial charge in [-0.2, -0.15) is 0 Å². The van der Waals surface area contributed by atoms with Crippen LogP contribution < -0.4 is 15.4 Å². The van der Waals surface area contributed by atoms with Gasteiger partial charge in [0.15, 0.2) is 0 Å². The van der Waals surface area contributed by atoms with E-state index >= 15 is 0 Å². The number of benzene rings is 2. The number of anilines is 2. The van der Waals surface area contributed by atoms with Crippen LogP contribution in [0, 0.1) is 12.3 Å². The Morgan fingerprint density at radius 1 is 1.18 bits per heavy atom. The lowest BCUT2D eigenvalue weighted by atomic mass is 10.1. The summed E-state index contributed by atoms with van der Waals surface area (Å²) >= 11 is 0. The van der Waals surface area contributed by atoms with Gasteiger partial charge in [0.05, 0.1) is 17.0 Å². The standard InChI is InChI=1S/C26H26N4O3S/c1-3-15-28-26(31)22-6-5-16-27-25(22)29-20-11-9-19-10-14-24(23(19)17-20)30-34(32,33)21-12-7-18(4-2)8-13-21/h1,5-9,11-13,16-17,24,30H,4,10,14-15H2,2H3,(H,27,29)(H,28,31). The highest BCUT2D eigenvalue weighted by Crippen LogP contribution is 2.35. The van der Waals surface area contributed by atoms with Crippen LogP contribution in [0.15, 0.2) is 65.7 Å². The molecule has 0 aliphatic heterocycles. The van der Waals surface area contributed by atoms with Gasteiger partial charge < -0.3 is 10.6 Å². The fourth-order valence-corrected chi connectivity index (χ4v) is 5.26. The summed E-state index contributed by atoms with van der Waals surface area (Å²) in [7, 11) is -3.66. The number of nitrogens with zero attached hydrogens (tertiary/aromatic N) is 1. The van der Waals surface area contributed by atoms with Crippen LogP contribution in [0.4, 0.5) is 11.5 Å². The van der Waals surface area contributed by atoms with E-state index < -0.39 is 10.0 Å². The molecule has 8 heteroatoms. The van der Waals surface area contributed by atoms with Crippen molar-refractivity contribution >= 4 is 27.4 Å². The second kappa shape index (κ2) is 10.1. The lowest BCUT2D eigenvalue weighted by Gasteiger charge is -2.16. The van der Waals surface area contributed by atoms with E-state index in [1.807, 2.05) is 37.3 Å². The molecular weight excluding hydrogens is 448 g/mol. The summed E-state index contributed by atoms with van der Waals surface area (Å²) in [6.07, 6.45) is 9.13. The van der Waals surface area contributed by atoms with Gasteiger partial charge in [-0.25, -0.2) is 18.1 Å². The van der Waals surface area contributed by atoms with Crippen molar-refractivity contribution in [3.63, 3.8) is 0 Å². The summed E-state index contributed by atoms with van der Waals surface area (Å²) in [5, 5.41) is 5.83. The molecule has 34 heavy (non-hydrogen) atoms. The molecule has 3 aromatic rings. The molecule has 1 aromatic heterocycles. The maximum absolute atomic E-state index is 13.0. The first-order chi connectivity index (χ1) is 16.4. The molecule has 174 valence electrons. The number of nitrogens with one attached hydrogen (secondary N) is 3. The van der Waals surface area contributed by atoms with Crippen LogP contribution in [0.25, 0.3) is 0 Å². The molecule has 1 atom stereocenters. The third kappa shape index (κ3) is 5.11. The molecule has 1 aliphatic carbocycles. The quantitative estimate of drug-likeness (QED) is 0.432. The van der Waals surface area contributed by atoms with E-state index in [9.17, 15) is 13.2 Å². The Hall–Kier alpha value is -3.67. The zero-order valence-corrected chi connectivity index (χ0v) is 19.7. The number of hydrogen-bond acceptors (Lipinski definition) is 5. The number of aryl methyl sites for hydroxylation is 2. The lowest BCUT2D eigenvalue weighted by molar-refractivity contribution is 0.0959. The largest absolute Gasteiger partial charge is 0.341 e. The number of terminal acetylenes is 1. The molecule has 7 nitrogen and oxygen atoms in total. The Morgan fingerprint density at radius 2 is 1.97 bits per heavy atom. The van der Waals surface area contributed by atoms with E-state index in [1.54, 1.807) is 30.5 Å². The highest BCUT2D eigenvalue weighted by molar-refractivity contribution is 7.89. The van der Waals surface area contributed by atoms with Gasteiger partial charge in [0.25, 0.3) is 5.91 Å². The average molecular weight is 475 g/mol. The molecule has 0 spiro atoms. The Morgan fingerprint density at radius 3 is 2.71 bits per heavy atom. The van der Waals surface area contributed by atoms with Crippen LogP contribution in [0.2, 0.25) is 0 Å². The molecule has 0 saturated heterocycles. The summed E-state index contributed by atoms with van der Waals surface area (Å²) in [5.41, 5.74) is 4.16. The Bertz CT molecular complexity index is 1350. The monoisotopic (exact) mass is 474 g/mol. The highest BCUT2D eigenvalue weighted by atomic mass is 32.2. The molecule has 3 N–H and O–H groups in total. The van der Waals surface area contributed by atoms with Crippen molar-refractivity contribution in [3.05, 3.63) is 83.0 Å². The predicted octanol–water partition coefficient (Wildman–Crippen LogP) is 3.72. The highest BCUT2D eigenvalue weighted by Gasteiger charge is 2.28. The van der Waals surface area contributed by atoms with Gasteiger partial charge in [0, 0.05) is 17.9 Å². The SMILES string of the molecule is C#CCNC(=O)c1cccnc1Nc1ccc2c(c1)C(NS(=O)(=O)c1ccc(CC)cc1)CC2. The third-order valence-electron chi connectivity index (χ3n) is 5.83. The molecule has 0 fully saturated rings. The Balaban J connectivity index is 1.55. The van der Waals surface area contributed by atoms with Crippen molar-refractivity contribution in [1.82, 2.24) is 15.0 Å². The number of rotatable bonds is 8. The summed E-state index contributed by atoms with van der Waals surface area (Å²) in [6.45, 7) is 2.15. The molecule has 0 bridgehead atoms. The number of hydrogen-bond donors (Lipinski definition) is 3. The molecule has 1 heterocycles. The average Bonchev–Trinajstić information content (AvgIpc) is 3.24. The van der Waals surface area contributed by atoms with E-state index in [2.05, 4.69) is 26.3 Å². The van der Waals surface area contributed by atoms with Gasteiger partial charge in [0.1, 0.15) is 5.82 Å². The van der Waals surface area contributed by atoms with Crippen LogP contribution in [0.3, 0.4) is 0 Å². The van der Waals surface area contributed by atoms with Crippen LogP contribution in [-0.2, 0) is 22.9 Å². The molecule has 4 rings (SSSR count). The Kier molecular flexibility index (Phi) is 6.96. The first-order valence-electron chi connectivity index (χ1n) is 11.1. The number of fused-ring (bicyclic) bond motifs is 1. The Labute approximate surface area is 200 Å². The summed E-state index contributed by atoms with van der Waals surface area (Å²) < 4.78 is 28.8. The molecule has 2 aromatic carbocycles. The number of aromatic nitrogens is 1. The lowest BCUT2D eigenvalue weighted by Crippen LogP contribution is -2.27. The van der Waals surface area contributed by atoms with Crippen LogP contribution >= 0.6 is 0 Å². The van der Waals surface area contributed by atoms with Crippen molar-refractivity contribution in [3.8, 4) is 12.3 Å². The number of carbonyl (C=O) groups is 1. The van der Waals surface area contributed by atoms with E-state index in [0.717, 1.165) is 29.5 Å². The first kappa shape index (κ1) is 23.5. The summed E-state index contributed by atoms with van der Waals surface area (Å²) in [4.78, 5) is 17.0. The number of amides is 1. The normalized spacial score (nSPS) is 14.8. The number of carbonyl (C=O) groups excluding carboxylic acids is 1. The van der Waals surface area contributed by atoms with Crippen molar-refractivity contribution in [2.45, 2.75) is 37.1 Å². The number of sulfonamides is 1. The molecular formula is C26H26N4O3S. The van der Waals surface area contributed by atoms with Crippen LogP contribution in [0.5, 0.6) is 0 Å². The summed E-state index contributed by atoms with van der Waals surface area (Å²) in [6, 6.07) is 15.7. The van der Waals surface area contributed by atoms with E-state index in [-0.39, 0.29) is 23.4 Å². The zero-order valence-electron chi connectivity index (χ0n) is 18.8. The van der Waals surface area contributed by atoms with Gasteiger partial charge in [-0.3, -0.25) is 4.79 Å². The van der Waals surface area contributed by atoms with Crippen molar-refractivity contribution in [2.24, 2.45) is 0 Å². The van der Waals surface area contributed by atoms with Crippen LogP contribution in [0.1, 0.15) is 46.4 Å². The van der Waals surface area contributed by atoms with E-state index in [1.165, 1.54) is 0 Å². The fourth-order valence-electron chi connectivity index (χ4n) is 4.01. The van der Waals surface area contributed by atoms with Gasteiger partial charge in [-0.15, -0.1) is 6.42 Å². The van der Waals surface area contributed by atoms with Gasteiger partial charge in [0.2, 0.25) is 10.0 Å². The van der Waals surface area contributed by atoms with E-state index in [0.29, 0.717) is 23.5 Å². The molecule has 1 aliphatic rings. The smallest absolute Gasteiger partial charge is 0.255 e. The molecule has 1 unspecified atom stereocenters. The predicted molar refractivity (Wildman–Crippen MR) is 132 cm³/mol. The zero-order chi connectivity index (χ0) is 24.1. The number of pyridine rings is 1. The molecule has 0 saturated carbocycles. The van der Waals surface area contributed by atoms with Crippen molar-refractivity contribution < 1.29 is 13.2 Å². The first-order valence-corrected chi connectivity index (χ1v) is 12.6. The minimum atomic E-state index is -3.66. The molecule has 1 amide bonds. The topological polar surface area (TPSA) is 100 Å². The minimum absolute atomic E-state index is 0.120. The summed E-state index contributed by atoms with van der Waals surface area (Å²) in [5.74, 6) is 2.44. The van der Waals surface area contributed by atoms with Gasteiger partial charge >= 0.3 is 0 Å². The van der Waals surface area contributed by atoms with Gasteiger partial charge in [-0.1, -0.05) is 31.0 Å². The van der Waals surface area contributed by atoms with Crippen molar-refractivity contribution in [2.75, 3.05) is 11.9 Å². The van der Waals surface area contributed by atoms with Crippen molar-refractivity contribution in [1.29, 1.82) is 0 Å². The second-order valence-electron chi connectivity index (χ2n) is 8.04. The van der Waals surface area contributed by atoms with Gasteiger partial charge in [-0.05, 0) is 72.4 Å². The third-order valence-corrected chi connectivity index (χ3v) is 7.32. The maximum Gasteiger partial charge on any atom is 0.255 e. The van der Waals surface area contributed by atoms with E-state index in [4.69, 9.17) is 6.42 Å². The maximum atomic E-state index is 13.0. The van der Waals surface area contributed by atoms with Crippen LogP contribution in [-0.4, -0.2) is 25.9 Å². The molecule has 0 radical (unpaired) electrons. The second-order valence-corrected chi connectivity index (χ2v) is 9.75.